The maximum Gasteiger partial charge on any atom is 0.329 e. The van der Waals surface area contributed by atoms with E-state index in [0.717, 1.165) is 0 Å². The van der Waals surface area contributed by atoms with E-state index in [0.29, 0.717) is 24.1 Å². The summed E-state index contributed by atoms with van der Waals surface area (Å²) < 4.78 is 13.5. The number of carboxylic acids is 1. The number of amides is 2. The fourth-order valence-corrected chi connectivity index (χ4v) is 2.25. The van der Waals surface area contributed by atoms with Gasteiger partial charge in [-0.3, -0.25) is 0 Å². The molecular weight excluding hydrogens is 343 g/mol. The molecule has 1 unspecified atom stereocenters. The van der Waals surface area contributed by atoms with Gasteiger partial charge in [-0.05, 0) is 53.9 Å². The molecule has 1 aromatic rings. The van der Waals surface area contributed by atoms with Crippen molar-refractivity contribution in [3.63, 3.8) is 0 Å². The Bertz CT molecular complexity index is 565. The molecule has 0 spiro atoms. The van der Waals surface area contributed by atoms with E-state index in [4.69, 9.17) is 0 Å². The second-order valence-corrected chi connectivity index (χ2v) is 5.90. The summed E-state index contributed by atoms with van der Waals surface area (Å²) >= 11 is 3.04. The van der Waals surface area contributed by atoms with Crippen LogP contribution in [0.2, 0.25) is 0 Å². The lowest BCUT2D eigenvalue weighted by Crippen LogP contribution is -2.53. The summed E-state index contributed by atoms with van der Waals surface area (Å²) in [7, 11) is 0. The minimum absolute atomic E-state index is 0.220. The van der Waals surface area contributed by atoms with Crippen LogP contribution < -0.4 is 10.6 Å². The van der Waals surface area contributed by atoms with Crippen LogP contribution in [0.3, 0.4) is 0 Å². The number of carbonyl (C=O) groups excluding carboxylic acids is 1. The maximum atomic E-state index is 13.3. The monoisotopic (exact) mass is 360 g/mol. The summed E-state index contributed by atoms with van der Waals surface area (Å²) in [5.74, 6) is -1.53. The zero-order chi connectivity index (χ0) is 16.2. The molecule has 0 aromatic heterocycles. The molecular formula is C14H18BrFN2O3. The van der Waals surface area contributed by atoms with Crippen LogP contribution in [0, 0.1) is 12.7 Å². The minimum Gasteiger partial charge on any atom is -0.480 e. The summed E-state index contributed by atoms with van der Waals surface area (Å²) in [6.07, 6.45) is 0.923. The molecule has 0 fully saturated rings. The zero-order valence-electron chi connectivity index (χ0n) is 12.1. The number of hydrogen-bond donors (Lipinski definition) is 3. The van der Waals surface area contributed by atoms with Crippen molar-refractivity contribution in [3.05, 3.63) is 28.0 Å². The molecule has 3 N–H and O–H groups in total. The van der Waals surface area contributed by atoms with Gasteiger partial charge in [-0.15, -0.1) is 0 Å². The van der Waals surface area contributed by atoms with Gasteiger partial charge in [0, 0.05) is 5.69 Å². The standard InChI is InChI=1S/C14H18BrFN2O3/c1-4-5-14(3,12(19)20)18-13(21)17-11-7-9(15)10(16)6-8(11)2/h6-7H,4-5H2,1-3H3,(H,19,20)(H2,17,18,21). The Morgan fingerprint density at radius 3 is 2.57 bits per heavy atom. The smallest absolute Gasteiger partial charge is 0.329 e. The maximum absolute atomic E-state index is 13.3. The van der Waals surface area contributed by atoms with E-state index >= 15 is 0 Å². The number of nitrogens with one attached hydrogen (secondary N) is 2. The van der Waals surface area contributed by atoms with Crippen LogP contribution in [0.4, 0.5) is 14.9 Å². The number of carbonyl (C=O) groups is 2. The highest BCUT2D eigenvalue weighted by atomic mass is 79.9. The Morgan fingerprint density at radius 1 is 1.43 bits per heavy atom. The molecule has 116 valence electrons. The van der Waals surface area contributed by atoms with Crippen LogP contribution in [-0.2, 0) is 4.79 Å². The van der Waals surface area contributed by atoms with Crippen molar-refractivity contribution >= 4 is 33.6 Å². The predicted molar refractivity (Wildman–Crippen MR) is 81.9 cm³/mol. The highest BCUT2D eigenvalue weighted by Gasteiger charge is 2.33. The number of urea groups is 1. The van der Waals surface area contributed by atoms with Crippen LogP contribution in [-0.4, -0.2) is 22.6 Å². The lowest BCUT2D eigenvalue weighted by atomic mass is 9.97. The van der Waals surface area contributed by atoms with Gasteiger partial charge in [0.1, 0.15) is 11.4 Å². The Morgan fingerprint density at radius 2 is 2.05 bits per heavy atom. The van der Waals surface area contributed by atoms with Gasteiger partial charge >= 0.3 is 12.0 Å². The molecule has 0 radical (unpaired) electrons. The average Bonchev–Trinajstić information content (AvgIpc) is 2.35. The van der Waals surface area contributed by atoms with Gasteiger partial charge in [-0.25, -0.2) is 14.0 Å². The Hall–Kier alpha value is -1.63. The second-order valence-electron chi connectivity index (χ2n) is 5.05. The topological polar surface area (TPSA) is 78.4 Å². The van der Waals surface area contributed by atoms with Crippen molar-refractivity contribution < 1.29 is 19.1 Å². The largest absolute Gasteiger partial charge is 0.480 e. The summed E-state index contributed by atoms with van der Waals surface area (Å²) in [6.45, 7) is 4.93. The van der Waals surface area contributed by atoms with Crippen LogP contribution in [0.15, 0.2) is 16.6 Å². The summed E-state index contributed by atoms with van der Waals surface area (Å²) in [5.41, 5.74) is -0.396. The van der Waals surface area contributed by atoms with Crippen LogP contribution in [0.5, 0.6) is 0 Å². The highest BCUT2D eigenvalue weighted by Crippen LogP contribution is 2.24. The van der Waals surface area contributed by atoms with Crippen molar-refractivity contribution in [2.45, 2.75) is 39.2 Å². The molecule has 0 saturated carbocycles. The lowest BCUT2D eigenvalue weighted by molar-refractivity contribution is -0.143. The first-order valence-corrected chi connectivity index (χ1v) is 7.27. The molecule has 0 saturated heterocycles. The average molecular weight is 361 g/mol. The predicted octanol–water partition coefficient (Wildman–Crippen LogP) is 3.66. The molecule has 0 aliphatic rings. The van der Waals surface area contributed by atoms with Crippen LogP contribution in [0.1, 0.15) is 32.3 Å². The number of halogens is 2. The van der Waals surface area contributed by atoms with Crippen LogP contribution in [0.25, 0.3) is 0 Å². The fourth-order valence-electron chi connectivity index (χ4n) is 1.91. The number of aryl methyl sites for hydroxylation is 1. The first kappa shape index (κ1) is 17.4. The third-order valence-electron chi connectivity index (χ3n) is 3.13. The Labute approximate surface area is 131 Å². The quantitative estimate of drug-likeness (QED) is 0.749. The molecule has 1 atom stereocenters. The van der Waals surface area contributed by atoms with E-state index in [-0.39, 0.29) is 4.47 Å². The number of benzene rings is 1. The van der Waals surface area contributed by atoms with Gasteiger partial charge in [0.05, 0.1) is 4.47 Å². The molecule has 0 aliphatic heterocycles. The molecule has 0 aliphatic carbocycles. The molecule has 5 nitrogen and oxygen atoms in total. The molecule has 2 amide bonds. The lowest BCUT2D eigenvalue weighted by Gasteiger charge is -2.26. The van der Waals surface area contributed by atoms with Crippen molar-refractivity contribution in [1.82, 2.24) is 5.32 Å². The second kappa shape index (κ2) is 6.89. The van der Waals surface area contributed by atoms with Crippen LogP contribution >= 0.6 is 15.9 Å². The van der Waals surface area contributed by atoms with Crippen molar-refractivity contribution in [2.75, 3.05) is 5.32 Å². The van der Waals surface area contributed by atoms with Crippen molar-refractivity contribution in [1.29, 1.82) is 0 Å². The molecule has 7 heteroatoms. The zero-order valence-corrected chi connectivity index (χ0v) is 13.7. The summed E-state index contributed by atoms with van der Waals surface area (Å²) in [6, 6.07) is 2.07. The van der Waals surface area contributed by atoms with Gasteiger partial charge < -0.3 is 15.7 Å². The van der Waals surface area contributed by atoms with Gasteiger partial charge in [0.2, 0.25) is 0 Å². The molecule has 1 aromatic carbocycles. The molecule has 0 heterocycles. The SMILES string of the molecule is CCCC(C)(NC(=O)Nc1cc(Br)c(F)cc1C)C(=O)O. The molecule has 21 heavy (non-hydrogen) atoms. The Balaban J connectivity index is 2.87. The normalized spacial score (nSPS) is 13.4. The first-order valence-electron chi connectivity index (χ1n) is 6.48. The van der Waals surface area contributed by atoms with E-state index in [2.05, 4.69) is 26.6 Å². The third-order valence-corrected chi connectivity index (χ3v) is 3.73. The number of rotatable bonds is 5. The minimum atomic E-state index is -1.34. The van der Waals surface area contributed by atoms with E-state index in [1.54, 1.807) is 6.92 Å². The summed E-state index contributed by atoms with van der Waals surface area (Å²) in [5, 5.41) is 14.2. The molecule has 0 bridgehead atoms. The highest BCUT2D eigenvalue weighted by molar-refractivity contribution is 9.10. The van der Waals surface area contributed by atoms with E-state index in [1.165, 1.54) is 19.1 Å². The van der Waals surface area contributed by atoms with Gasteiger partial charge in [0.15, 0.2) is 0 Å². The van der Waals surface area contributed by atoms with E-state index in [1.807, 2.05) is 6.92 Å². The number of hydrogen-bond acceptors (Lipinski definition) is 2. The van der Waals surface area contributed by atoms with E-state index in [9.17, 15) is 19.1 Å². The van der Waals surface area contributed by atoms with Crippen molar-refractivity contribution in [2.24, 2.45) is 0 Å². The van der Waals surface area contributed by atoms with Crippen molar-refractivity contribution in [3.8, 4) is 0 Å². The van der Waals surface area contributed by atoms with Gasteiger partial charge in [0.25, 0.3) is 0 Å². The third kappa shape index (κ3) is 4.42. The van der Waals surface area contributed by atoms with Gasteiger partial charge in [-0.2, -0.15) is 0 Å². The fraction of sp³-hybridized carbons (Fsp3) is 0.429. The summed E-state index contributed by atoms with van der Waals surface area (Å²) in [4.78, 5) is 23.2. The first-order chi connectivity index (χ1) is 9.69. The molecule has 1 rings (SSSR count). The van der Waals surface area contributed by atoms with Gasteiger partial charge in [-0.1, -0.05) is 13.3 Å². The Kier molecular flexibility index (Phi) is 5.71. The number of anilines is 1. The number of carboxylic acid groups (broad SMARTS) is 1. The number of aliphatic carboxylic acids is 1. The van der Waals surface area contributed by atoms with E-state index < -0.39 is 23.4 Å².